The highest BCUT2D eigenvalue weighted by molar-refractivity contribution is 8.01. The monoisotopic (exact) mass is 225 g/mol. The van der Waals surface area contributed by atoms with Crippen molar-refractivity contribution < 1.29 is 4.79 Å². The highest BCUT2D eigenvalue weighted by atomic mass is 32.2. The van der Waals surface area contributed by atoms with Crippen LogP contribution in [-0.4, -0.2) is 26.6 Å². The van der Waals surface area contributed by atoms with Crippen molar-refractivity contribution >= 4 is 23.5 Å². The molecule has 2 heterocycles. The van der Waals surface area contributed by atoms with E-state index in [1.165, 1.54) is 0 Å². The summed E-state index contributed by atoms with van der Waals surface area (Å²) in [7, 11) is 0. The van der Waals surface area contributed by atoms with Crippen molar-refractivity contribution in [2.75, 3.05) is 11.1 Å². The van der Waals surface area contributed by atoms with E-state index in [4.69, 9.17) is 0 Å². The van der Waals surface area contributed by atoms with Crippen molar-refractivity contribution in [2.45, 2.75) is 31.4 Å². The van der Waals surface area contributed by atoms with Crippen molar-refractivity contribution in [3.63, 3.8) is 0 Å². The molecule has 2 rings (SSSR count). The average Bonchev–Trinajstić information content (AvgIpc) is 2.78. The molecular formula is C10H15N3OS. The first-order chi connectivity index (χ1) is 7.12. The SMILES string of the molecule is Cc1cn[nH]c1NC(=O)C1(C)CCCS1. The molecule has 1 aromatic rings. The summed E-state index contributed by atoms with van der Waals surface area (Å²) in [5.74, 6) is 1.87. The van der Waals surface area contributed by atoms with Crippen LogP contribution in [0.4, 0.5) is 5.82 Å². The quantitative estimate of drug-likeness (QED) is 0.808. The normalized spacial score (nSPS) is 25.5. The number of aryl methyl sites for hydroxylation is 1. The van der Waals surface area contributed by atoms with Gasteiger partial charge in [-0.1, -0.05) is 0 Å². The molecular weight excluding hydrogens is 210 g/mol. The predicted octanol–water partition coefficient (Wildman–Crippen LogP) is 1.94. The highest BCUT2D eigenvalue weighted by Gasteiger charge is 2.37. The first-order valence-corrected chi connectivity index (χ1v) is 6.06. The number of hydrogen-bond donors (Lipinski definition) is 2. The molecule has 4 nitrogen and oxygen atoms in total. The number of amides is 1. The zero-order chi connectivity index (χ0) is 10.9. The number of carbonyl (C=O) groups is 1. The second kappa shape index (κ2) is 3.89. The lowest BCUT2D eigenvalue weighted by Crippen LogP contribution is -2.34. The Morgan fingerprint density at radius 3 is 3.07 bits per heavy atom. The largest absolute Gasteiger partial charge is 0.310 e. The summed E-state index contributed by atoms with van der Waals surface area (Å²) in [6, 6.07) is 0. The number of thioether (sulfide) groups is 1. The predicted molar refractivity (Wildman–Crippen MR) is 62.1 cm³/mol. The van der Waals surface area contributed by atoms with Crippen LogP contribution in [0.3, 0.4) is 0 Å². The van der Waals surface area contributed by atoms with Gasteiger partial charge in [0.05, 0.1) is 10.9 Å². The van der Waals surface area contributed by atoms with Gasteiger partial charge in [0.15, 0.2) is 0 Å². The first kappa shape index (κ1) is 10.5. The van der Waals surface area contributed by atoms with Gasteiger partial charge in [-0.05, 0) is 32.4 Å². The Balaban J connectivity index is 2.07. The van der Waals surface area contributed by atoms with Crippen LogP contribution in [0, 0.1) is 6.92 Å². The van der Waals surface area contributed by atoms with Gasteiger partial charge in [-0.3, -0.25) is 9.89 Å². The second-order valence-corrected chi connectivity index (χ2v) is 5.66. The highest BCUT2D eigenvalue weighted by Crippen LogP contribution is 2.38. The number of aromatic nitrogens is 2. The van der Waals surface area contributed by atoms with Gasteiger partial charge in [0.1, 0.15) is 5.82 Å². The van der Waals surface area contributed by atoms with Gasteiger partial charge in [-0.2, -0.15) is 5.10 Å². The van der Waals surface area contributed by atoms with Crippen LogP contribution < -0.4 is 5.32 Å². The van der Waals surface area contributed by atoms with Crippen LogP contribution >= 0.6 is 11.8 Å². The zero-order valence-corrected chi connectivity index (χ0v) is 9.78. The van der Waals surface area contributed by atoms with Crippen LogP contribution in [0.15, 0.2) is 6.20 Å². The van der Waals surface area contributed by atoms with E-state index in [2.05, 4.69) is 15.5 Å². The molecule has 5 heteroatoms. The van der Waals surface area contributed by atoms with Gasteiger partial charge in [-0.25, -0.2) is 0 Å². The van der Waals surface area contributed by atoms with Crippen molar-refractivity contribution in [1.29, 1.82) is 0 Å². The maximum Gasteiger partial charge on any atom is 0.241 e. The fraction of sp³-hybridized carbons (Fsp3) is 0.600. The minimum atomic E-state index is -0.266. The summed E-state index contributed by atoms with van der Waals surface area (Å²) in [5.41, 5.74) is 0.968. The molecule has 1 fully saturated rings. The molecule has 0 aromatic carbocycles. The van der Waals surface area contributed by atoms with Crippen molar-refractivity contribution in [1.82, 2.24) is 10.2 Å². The van der Waals surface area contributed by atoms with Crippen LogP contribution in [0.1, 0.15) is 25.3 Å². The third-order valence-electron chi connectivity index (χ3n) is 2.77. The van der Waals surface area contributed by atoms with E-state index in [1.807, 2.05) is 13.8 Å². The summed E-state index contributed by atoms with van der Waals surface area (Å²) in [4.78, 5) is 12.0. The minimum absolute atomic E-state index is 0.0809. The van der Waals surface area contributed by atoms with E-state index >= 15 is 0 Å². The number of carbonyl (C=O) groups excluding carboxylic acids is 1. The van der Waals surface area contributed by atoms with Gasteiger partial charge in [0.25, 0.3) is 0 Å². The Morgan fingerprint density at radius 1 is 1.73 bits per heavy atom. The maximum atomic E-state index is 12.0. The lowest BCUT2D eigenvalue weighted by Gasteiger charge is -2.20. The average molecular weight is 225 g/mol. The standard InChI is InChI=1S/C10H15N3OS/c1-7-6-11-13-8(7)12-9(14)10(2)4-3-5-15-10/h6H,3-5H2,1-2H3,(H2,11,12,13,14). The van der Waals surface area contributed by atoms with Crippen molar-refractivity contribution in [3.8, 4) is 0 Å². The molecule has 1 aliphatic heterocycles. The Morgan fingerprint density at radius 2 is 2.53 bits per heavy atom. The molecule has 0 spiro atoms. The minimum Gasteiger partial charge on any atom is -0.310 e. The summed E-state index contributed by atoms with van der Waals surface area (Å²) in [6.07, 6.45) is 3.78. The Hall–Kier alpha value is -0.970. The molecule has 1 unspecified atom stereocenters. The lowest BCUT2D eigenvalue weighted by molar-refractivity contribution is -0.118. The maximum absolute atomic E-state index is 12.0. The molecule has 1 amide bonds. The molecule has 15 heavy (non-hydrogen) atoms. The van der Waals surface area contributed by atoms with Gasteiger partial charge in [0, 0.05) is 5.56 Å². The van der Waals surface area contributed by atoms with Crippen LogP contribution in [0.5, 0.6) is 0 Å². The van der Waals surface area contributed by atoms with Gasteiger partial charge >= 0.3 is 0 Å². The lowest BCUT2D eigenvalue weighted by atomic mass is 10.1. The van der Waals surface area contributed by atoms with Crippen LogP contribution in [-0.2, 0) is 4.79 Å². The summed E-state index contributed by atoms with van der Waals surface area (Å²) in [6.45, 7) is 3.93. The second-order valence-electron chi connectivity index (χ2n) is 4.07. The van der Waals surface area contributed by atoms with E-state index in [9.17, 15) is 4.79 Å². The number of nitrogens with zero attached hydrogens (tertiary/aromatic N) is 1. The molecule has 1 aliphatic rings. The van der Waals surface area contributed by atoms with E-state index in [-0.39, 0.29) is 10.7 Å². The van der Waals surface area contributed by atoms with Gasteiger partial charge in [0.2, 0.25) is 5.91 Å². The first-order valence-electron chi connectivity index (χ1n) is 5.07. The molecule has 82 valence electrons. The fourth-order valence-electron chi connectivity index (χ4n) is 1.68. The molecule has 0 saturated carbocycles. The van der Waals surface area contributed by atoms with Crippen molar-refractivity contribution in [3.05, 3.63) is 11.8 Å². The molecule has 0 radical (unpaired) electrons. The molecule has 0 aliphatic carbocycles. The van der Waals surface area contributed by atoms with Gasteiger partial charge < -0.3 is 5.32 Å². The molecule has 1 aromatic heterocycles. The Kier molecular flexibility index (Phi) is 2.73. The number of rotatable bonds is 2. The topological polar surface area (TPSA) is 57.8 Å². The van der Waals surface area contributed by atoms with Crippen LogP contribution in [0.25, 0.3) is 0 Å². The van der Waals surface area contributed by atoms with Gasteiger partial charge in [-0.15, -0.1) is 11.8 Å². The Bertz CT molecular complexity index is 368. The smallest absolute Gasteiger partial charge is 0.241 e. The van der Waals surface area contributed by atoms with Crippen LogP contribution in [0.2, 0.25) is 0 Å². The van der Waals surface area contributed by atoms with E-state index in [0.717, 1.165) is 24.2 Å². The van der Waals surface area contributed by atoms with Crippen molar-refractivity contribution in [2.24, 2.45) is 0 Å². The third-order valence-corrected chi connectivity index (χ3v) is 4.29. The number of nitrogens with one attached hydrogen (secondary N) is 2. The molecule has 1 atom stereocenters. The fourth-order valence-corrected chi connectivity index (χ4v) is 2.89. The molecule has 0 bridgehead atoms. The number of aromatic amines is 1. The summed E-state index contributed by atoms with van der Waals surface area (Å²) in [5, 5.41) is 9.56. The zero-order valence-electron chi connectivity index (χ0n) is 8.96. The number of H-pyrrole nitrogens is 1. The molecule has 2 N–H and O–H groups in total. The number of hydrogen-bond acceptors (Lipinski definition) is 3. The third kappa shape index (κ3) is 2.02. The summed E-state index contributed by atoms with van der Waals surface area (Å²) >= 11 is 1.73. The Labute approximate surface area is 93.2 Å². The number of anilines is 1. The van der Waals surface area contributed by atoms with E-state index < -0.39 is 0 Å². The van der Waals surface area contributed by atoms with E-state index in [1.54, 1.807) is 18.0 Å². The summed E-state index contributed by atoms with van der Waals surface area (Å²) < 4.78 is -0.266. The molecule has 1 saturated heterocycles. The van der Waals surface area contributed by atoms with E-state index in [0.29, 0.717) is 5.82 Å².